The van der Waals surface area contributed by atoms with E-state index >= 15 is 0 Å². The highest BCUT2D eigenvalue weighted by Gasteiger charge is 2.56. The Bertz CT molecular complexity index is 774. The summed E-state index contributed by atoms with van der Waals surface area (Å²) in [5.41, 5.74) is 3.36. The van der Waals surface area contributed by atoms with Crippen molar-refractivity contribution in [1.82, 2.24) is 0 Å². The van der Waals surface area contributed by atoms with Gasteiger partial charge in [-0.3, -0.25) is 0 Å². The van der Waals surface area contributed by atoms with Crippen molar-refractivity contribution < 1.29 is 0 Å². The van der Waals surface area contributed by atoms with Crippen LogP contribution in [0.3, 0.4) is 0 Å². The van der Waals surface area contributed by atoms with Gasteiger partial charge in [0.15, 0.2) is 0 Å². The molecule has 3 fully saturated rings. The fourth-order valence-electron chi connectivity index (χ4n) is 8.14. The first-order chi connectivity index (χ1) is 14.9. The molecule has 5 rings (SSSR count). The molecule has 2 aromatic rings. The zero-order valence-corrected chi connectivity index (χ0v) is 18.5. The molecule has 0 spiro atoms. The normalized spacial score (nSPS) is 29.6. The lowest BCUT2D eigenvalue weighted by atomic mass is 9.54. The first-order valence-corrected chi connectivity index (χ1v) is 12.6. The minimum Gasteiger partial charge on any atom is -0.103 e. The van der Waals surface area contributed by atoms with E-state index in [1.807, 2.05) is 0 Å². The van der Waals surface area contributed by atoms with Crippen molar-refractivity contribution in [3.8, 4) is 0 Å². The second-order valence-electron chi connectivity index (χ2n) is 10.3. The summed E-state index contributed by atoms with van der Waals surface area (Å²) in [4.78, 5) is 0. The average molecular weight is 399 g/mol. The van der Waals surface area contributed by atoms with Gasteiger partial charge in [-0.05, 0) is 79.2 Å². The summed E-state index contributed by atoms with van der Waals surface area (Å²) in [7, 11) is 0. The third-order valence-corrected chi connectivity index (χ3v) is 9.11. The smallest absolute Gasteiger partial charge is 0.0262 e. The van der Waals surface area contributed by atoms with E-state index in [2.05, 4.69) is 73.3 Å². The van der Waals surface area contributed by atoms with Crippen LogP contribution in [-0.2, 0) is 5.41 Å². The molecule has 0 heterocycles. The maximum absolute atomic E-state index is 4.14. The van der Waals surface area contributed by atoms with E-state index in [1.54, 1.807) is 11.1 Å². The molecular weight excluding hydrogens is 360 g/mol. The molecule has 0 nitrogen and oxygen atoms in total. The third kappa shape index (κ3) is 3.28. The molecule has 3 aliphatic carbocycles. The summed E-state index contributed by atoms with van der Waals surface area (Å²) >= 11 is 0. The third-order valence-electron chi connectivity index (χ3n) is 9.11. The van der Waals surface area contributed by atoms with Gasteiger partial charge in [0, 0.05) is 5.41 Å². The van der Waals surface area contributed by atoms with E-state index in [9.17, 15) is 0 Å². The Hall–Kier alpha value is -1.82. The molecule has 3 aliphatic rings. The van der Waals surface area contributed by atoms with Crippen molar-refractivity contribution in [3.63, 3.8) is 0 Å². The van der Waals surface area contributed by atoms with E-state index in [0.29, 0.717) is 0 Å². The molecule has 0 aromatic heterocycles. The predicted molar refractivity (Wildman–Crippen MR) is 127 cm³/mol. The molecule has 0 saturated heterocycles. The highest BCUT2D eigenvalue weighted by molar-refractivity contribution is 5.43. The number of benzene rings is 2. The monoisotopic (exact) mass is 398 g/mol. The average Bonchev–Trinajstić information content (AvgIpc) is 3.46. The minimum absolute atomic E-state index is 0.176. The van der Waals surface area contributed by atoms with Gasteiger partial charge in [0.05, 0.1) is 0 Å². The Morgan fingerprint density at radius 3 is 1.83 bits per heavy atom. The van der Waals surface area contributed by atoms with E-state index in [4.69, 9.17) is 0 Å². The first-order valence-electron chi connectivity index (χ1n) is 12.6. The number of hydrogen-bond acceptors (Lipinski definition) is 0. The molecular formula is C30H38. The van der Waals surface area contributed by atoms with Crippen molar-refractivity contribution in [3.05, 3.63) is 84.4 Å². The van der Waals surface area contributed by atoms with Crippen LogP contribution < -0.4 is 0 Å². The first kappa shape index (κ1) is 20.1. The standard InChI is InChI=1S/C30H38/c1-2-13-23-22-29(28-21-12-11-20-27(23)28)30(26-18-9-10-19-26,24-14-5-3-6-15-24)25-16-7-4-8-17-25/h2-8,14-17,23,26-29H,1,9-13,18-22H2. The molecule has 0 heteroatoms. The van der Waals surface area contributed by atoms with Crippen LogP contribution in [0, 0.1) is 29.6 Å². The van der Waals surface area contributed by atoms with Crippen LogP contribution in [0.25, 0.3) is 0 Å². The summed E-state index contributed by atoms with van der Waals surface area (Å²) in [6.45, 7) is 4.14. The van der Waals surface area contributed by atoms with Gasteiger partial charge >= 0.3 is 0 Å². The number of allylic oxidation sites excluding steroid dienone is 1. The molecule has 2 aromatic carbocycles. The SMILES string of the molecule is C=CCC1CC(C(c2ccccc2)(c2ccccc2)C2CCCC2)C2CCCCC12. The lowest BCUT2D eigenvalue weighted by Crippen LogP contribution is -2.45. The molecule has 0 radical (unpaired) electrons. The van der Waals surface area contributed by atoms with E-state index in [1.165, 1.54) is 64.2 Å². The molecule has 30 heavy (non-hydrogen) atoms. The largest absolute Gasteiger partial charge is 0.103 e. The summed E-state index contributed by atoms with van der Waals surface area (Å²) < 4.78 is 0. The molecule has 0 N–H and O–H groups in total. The van der Waals surface area contributed by atoms with Crippen molar-refractivity contribution in [2.45, 2.75) is 69.6 Å². The molecule has 158 valence electrons. The fraction of sp³-hybridized carbons (Fsp3) is 0.533. The number of rotatable bonds is 6. The number of fused-ring (bicyclic) bond motifs is 1. The molecule has 3 saturated carbocycles. The van der Waals surface area contributed by atoms with Gasteiger partial charge in [-0.2, -0.15) is 0 Å². The van der Waals surface area contributed by atoms with Gasteiger partial charge in [-0.15, -0.1) is 6.58 Å². The van der Waals surface area contributed by atoms with Crippen LogP contribution in [0.2, 0.25) is 0 Å². The Morgan fingerprint density at radius 1 is 0.733 bits per heavy atom. The van der Waals surface area contributed by atoms with Gasteiger partial charge in [-0.25, -0.2) is 0 Å². The van der Waals surface area contributed by atoms with E-state index in [0.717, 1.165) is 29.6 Å². The van der Waals surface area contributed by atoms with Crippen molar-refractivity contribution >= 4 is 0 Å². The van der Waals surface area contributed by atoms with Crippen LogP contribution in [-0.4, -0.2) is 0 Å². The lowest BCUT2D eigenvalue weighted by Gasteiger charge is -2.49. The van der Waals surface area contributed by atoms with Crippen molar-refractivity contribution in [2.75, 3.05) is 0 Å². The van der Waals surface area contributed by atoms with E-state index in [-0.39, 0.29) is 5.41 Å². The highest BCUT2D eigenvalue weighted by atomic mass is 14.6. The zero-order chi connectivity index (χ0) is 20.4. The summed E-state index contributed by atoms with van der Waals surface area (Å²) in [6.07, 6.45) is 16.2. The van der Waals surface area contributed by atoms with Gasteiger partial charge in [0.1, 0.15) is 0 Å². The summed E-state index contributed by atoms with van der Waals surface area (Å²) in [5.74, 6) is 4.17. The predicted octanol–water partition coefficient (Wildman–Crippen LogP) is 8.18. The molecule has 0 aliphatic heterocycles. The quantitative estimate of drug-likeness (QED) is 0.430. The van der Waals surface area contributed by atoms with Gasteiger partial charge in [0.2, 0.25) is 0 Å². The van der Waals surface area contributed by atoms with Crippen molar-refractivity contribution in [2.24, 2.45) is 29.6 Å². The van der Waals surface area contributed by atoms with Gasteiger partial charge in [-0.1, -0.05) is 92.4 Å². The lowest BCUT2D eigenvalue weighted by molar-refractivity contribution is 0.127. The van der Waals surface area contributed by atoms with Crippen LogP contribution in [0.4, 0.5) is 0 Å². The second-order valence-corrected chi connectivity index (χ2v) is 10.3. The fourth-order valence-corrected chi connectivity index (χ4v) is 8.14. The van der Waals surface area contributed by atoms with Gasteiger partial charge < -0.3 is 0 Å². The molecule has 4 unspecified atom stereocenters. The zero-order valence-electron chi connectivity index (χ0n) is 18.5. The summed E-state index contributed by atoms with van der Waals surface area (Å²) in [6, 6.07) is 23.4. The van der Waals surface area contributed by atoms with Crippen LogP contribution in [0.1, 0.15) is 75.3 Å². The van der Waals surface area contributed by atoms with Crippen LogP contribution >= 0.6 is 0 Å². The minimum atomic E-state index is 0.176. The topological polar surface area (TPSA) is 0 Å². The Balaban J connectivity index is 1.70. The molecule has 0 bridgehead atoms. The van der Waals surface area contributed by atoms with E-state index < -0.39 is 0 Å². The number of hydrogen-bond donors (Lipinski definition) is 0. The Morgan fingerprint density at radius 2 is 1.27 bits per heavy atom. The van der Waals surface area contributed by atoms with Crippen LogP contribution in [0.5, 0.6) is 0 Å². The summed E-state index contributed by atoms with van der Waals surface area (Å²) in [5, 5.41) is 0. The van der Waals surface area contributed by atoms with Crippen LogP contribution in [0.15, 0.2) is 73.3 Å². The van der Waals surface area contributed by atoms with Crippen molar-refractivity contribution in [1.29, 1.82) is 0 Å². The maximum atomic E-state index is 4.14. The molecule has 4 atom stereocenters. The van der Waals surface area contributed by atoms with Gasteiger partial charge in [0.25, 0.3) is 0 Å². The maximum Gasteiger partial charge on any atom is 0.0262 e. The second kappa shape index (κ2) is 8.74. The Labute approximate surface area is 183 Å². The highest BCUT2D eigenvalue weighted by Crippen LogP contribution is 2.62. The molecule has 0 amide bonds. The Kier molecular flexibility index (Phi) is 5.85.